The number of carbonyl (C=O) groups excluding carboxylic acids is 1. The highest BCUT2D eigenvalue weighted by Gasteiger charge is 2.26. The average molecular weight is 399 g/mol. The van der Waals surface area contributed by atoms with Crippen molar-refractivity contribution in [3.05, 3.63) is 72.1 Å². The first-order chi connectivity index (χ1) is 14.7. The van der Waals surface area contributed by atoms with E-state index in [0.29, 0.717) is 43.0 Å². The van der Waals surface area contributed by atoms with E-state index >= 15 is 0 Å². The van der Waals surface area contributed by atoms with Crippen LogP contribution in [0.25, 0.3) is 11.1 Å². The molecule has 2 aromatic carbocycles. The van der Waals surface area contributed by atoms with E-state index in [9.17, 15) is 4.79 Å². The number of aromatic nitrogens is 1. The largest absolute Gasteiger partial charge is 0.497 e. The van der Waals surface area contributed by atoms with Crippen molar-refractivity contribution in [2.45, 2.75) is 12.8 Å². The van der Waals surface area contributed by atoms with E-state index in [1.54, 1.807) is 36.5 Å². The lowest BCUT2D eigenvalue weighted by atomic mass is 10.0. The van der Waals surface area contributed by atoms with Crippen LogP contribution in [0.15, 0.2) is 60.9 Å². The van der Waals surface area contributed by atoms with Gasteiger partial charge in [0.1, 0.15) is 18.0 Å². The van der Waals surface area contributed by atoms with Gasteiger partial charge in [-0.1, -0.05) is 24.3 Å². The quantitative estimate of drug-likeness (QED) is 0.649. The van der Waals surface area contributed by atoms with E-state index in [2.05, 4.69) is 11.1 Å². The number of nitriles is 1. The minimum Gasteiger partial charge on any atom is -0.497 e. The monoisotopic (exact) mass is 399 g/mol. The van der Waals surface area contributed by atoms with Gasteiger partial charge < -0.3 is 14.4 Å². The molecule has 0 aliphatic carbocycles. The third kappa shape index (κ3) is 3.96. The van der Waals surface area contributed by atoms with Crippen LogP contribution in [0, 0.1) is 11.3 Å². The molecular weight excluding hydrogens is 378 g/mol. The second-order valence-corrected chi connectivity index (χ2v) is 6.97. The number of hydrogen-bond acceptors (Lipinski definition) is 5. The van der Waals surface area contributed by atoms with E-state index < -0.39 is 0 Å². The van der Waals surface area contributed by atoms with Crippen molar-refractivity contribution in [2.24, 2.45) is 0 Å². The Morgan fingerprint density at radius 3 is 2.63 bits per heavy atom. The second-order valence-electron chi connectivity index (χ2n) is 6.97. The molecule has 4 rings (SSSR count). The molecule has 6 nitrogen and oxygen atoms in total. The number of methoxy groups -OCH3 is 1. The molecule has 150 valence electrons. The molecule has 0 saturated heterocycles. The SMILES string of the molecule is COc1ccc(CCC(=O)N2CCOc3c(-c4ccc(C#N)cc4)cncc32)cc1. The summed E-state index contributed by atoms with van der Waals surface area (Å²) in [5.74, 6) is 1.49. The van der Waals surface area contributed by atoms with Gasteiger partial charge in [-0.05, 0) is 41.8 Å². The first-order valence-corrected chi connectivity index (χ1v) is 9.74. The van der Waals surface area contributed by atoms with Crippen LogP contribution in [0.4, 0.5) is 5.69 Å². The van der Waals surface area contributed by atoms with Gasteiger partial charge in [-0.3, -0.25) is 9.78 Å². The molecule has 0 atom stereocenters. The molecule has 0 N–H and O–H groups in total. The van der Waals surface area contributed by atoms with Gasteiger partial charge in [-0.15, -0.1) is 0 Å². The maximum atomic E-state index is 13.0. The second kappa shape index (κ2) is 8.66. The zero-order valence-corrected chi connectivity index (χ0v) is 16.7. The molecule has 0 fully saturated rings. The van der Waals surface area contributed by atoms with Gasteiger partial charge in [0.15, 0.2) is 5.75 Å². The molecule has 1 amide bonds. The first-order valence-electron chi connectivity index (χ1n) is 9.74. The minimum absolute atomic E-state index is 0.0362. The molecular formula is C24H21N3O3. The molecule has 3 aromatic rings. The molecule has 0 bridgehead atoms. The molecule has 0 spiro atoms. The van der Waals surface area contributed by atoms with Crippen molar-refractivity contribution in [1.29, 1.82) is 5.26 Å². The Balaban J connectivity index is 1.54. The lowest BCUT2D eigenvalue weighted by Crippen LogP contribution is -2.38. The van der Waals surface area contributed by atoms with E-state index in [0.717, 1.165) is 22.4 Å². The van der Waals surface area contributed by atoms with Gasteiger partial charge in [0, 0.05) is 18.2 Å². The number of ether oxygens (including phenoxy) is 2. The van der Waals surface area contributed by atoms with E-state index in [1.165, 1.54) is 0 Å². The number of fused-ring (bicyclic) bond motifs is 1. The van der Waals surface area contributed by atoms with Crippen LogP contribution in [0.5, 0.6) is 11.5 Å². The molecule has 1 aliphatic heterocycles. The zero-order chi connectivity index (χ0) is 20.9. The molecule has 1 aliphatic rings. The summed E-state index contributed by atoms with van der Waals surface area (Å²) in [6.07, 6.45) is 4.45. The summed E-state index contributed by atoms with van der Waals surface area (Å²) in [4.78, 5) is 19.1. The van der Waals surface area contributed by atoms with Crippen LogP contribution in [-0.4, -0.2) is 31.2 Å². The normalized spacial score (nSPS) is 12.5. The fourth-order valence-electron chi connectivity index (χ4n) is 3.51. The number of benzene rings is 2. The molecule has 1 aromatic heterocycles. The van der Waals surface area contributed by atoms with Gasteiger partial charge in [0.25, 0.3) is 0 Å². The topological polar surface area (TPSA) is 75.4 Å². The Bertz CT molecular complexity index is 1090. The third-order valence-corrected chi connectivity index (χ3v) is 5.14. The van der Waals surface area contributed by atoms with Crippen LogP contribution >= 0.6 is 0 Å². The van der Waals surface area contributed by atoms with Crippen LogP contribution in [0.2, 0.25) is 0 Å². The highest BCUT2D eigenvalue weighted by Crippen LogP contribution is 2.40. The van der Waals surface area contributed by atoms with Crippen molar-refractivity contribution in [1.82, 2.24) is 4.98 Å². The van der Waals surface area contributed by atoms with Crippen molar-refractivity contribution >= 4 is 11.6 Å². The lowest BCUT2D eigenvalue weighted by molar-refractivity contribution is -0.118. The Morgan fingerprint density at radius 2 is 1.93 bits per heavy atom. The summed E-state index contributed by atoms with van der Waals surface area (Å²) < 4.78 is 11.1. The van der Waals surface area contributed by atoms with Crippen LogP contribution in [-0.2, 0) is 11.2 Å². The maximum absolute atomic E-state index is 13.0. The fourth-order valence-corrected chi connectivity index (χ4v) is 3.51. The molecule has 6 heteroatoms. The Morgan fingerprint density at radius 1 is 1.17 bits per heavy atom. The maximum Gasteiger partial charge on any atom is 0.227 e. The highest BCUT2D eigenvalue weighted by molar-refractivity contribution is 5.97. The van der Waals surface area contributed by atoms with Crippen molar-refractivity contribution in [3.8, 4) is 28.7 Å². The van der Waals surface area contributed by atoms with E-state index in [4.69, 9.17) is 14.7 Å². The summed E-state index contributed by atoms with van der Waals surface area (Å²) in [5.41, 5.74) is 4.06. The lowest BCUT2D eigenvalue weighted by Gasteiger charge is -2.30. The summed E-state index contributed by atoms with van der Waals surface area (Å²) in [6.45, 7) is 0.918. The number of hydrogen-bond donors (Lipinski definition) is 0. The van der Waals surface area contributed by atoms with Gasteiger partial charge >= 0.3 is 0 Å². The van der Waals surface area contributed by atoms with Gasteiger partial charge in [0.05, 0.1) is 31.5 Å². The highest BCUT2D eigenvalue weighted by atomic mass is 16.5. The van der Waals surface area contributed by atoms with Crippen LogP contribution in [0.1, 0.15) is 17.5 Å². The fraction of sp³-hybridized carbons (Fsp3) is 0.208. The predicted octanol–water partition coefficient (Wildman–Crippen LogP) is 3.99. The number of carbonyl (C=O) groups is 1. The number of pyridine rings is 1. The number of aryl methyl sites for hydroxylation is 1. The van der Waals surface area contributed by atoms with Gasteiger partial charge in [-0.25, -0.2) is 0 Å². The predicted molar refractivity (Wildman–Crippen MR) is 114 cm³/mol. The Hall–Kier alpha value is -3.85. The summed E-state index contributed by atoms with van der Waals surface area (Å²) in [6, 6.07) is 17.1. The first kappa shape index (κ1) is 19.5. The molecule has 0 radical (unpaired) electrons. The van der Waals surface area contributed by atoms with Crippen molar-refractivity contribution in [2.75, 3.05) is 25.2 Å². The van der Waals surface area contributed by atoms with Gasteiger partial charge in [0.2, 0.25) is 5.91 Å². The molecule has 0 unspecified atom stereocenters. The number of nitrogens with zero attached hydrogens (tertiary/aromatic N) is 3. The summed E-state index contributed by atoms with van der Waals surface area (Å²) in [7, 11) is 1.63. The Kier molecular flexibility index (Phi) is 5.62. The molecule has 2 heterocycles. The average Bonchev–Trinajstić information content (AvgIpc) is 2.82. The van der Waals surface area contributed by atoms with Crippen molar-refractivity contribution in [3.63, 3.8) is 0 Å². The standard InChI is InChI=1S/C24H21N3O3/c1-29-20-9-4-17(5-10-20)6-11-23(28)27-12-13-30-24-21(15-26-16-22(24)27)19-7-2-18(14-25)3-8-19/h2-5,7-10,15-16H,6,11-13H2,1H3. The molecule has 30 heavy (non-hydrogen) atoms. The third-order valence-electron chi connectivity index (χ3n) is 5.14. The number of rotatable bonds is 5. The zero-order valence-electron chi connectivity index (χ0n) is 16.7. The van der Waals surface area contributed by atoms with E-state index in [-0.39, 0.29) is 5.91 Å². The van der Waals surface area contributed by atoms with Crippen molar-refractivity contribution < 1.29 is 14.3 Å². The molecule has 0 saturated carbocycles. The van der Waals surface area contributed by atoms with Crippen LogP contribution < -0.4 is 14.4 Å². The van der Waals surface area contributed by atoms with Crippen LogP contribution in [0.3, 0.4) is 0 Å². The number of anilines is 1. The smallest absolute Gasteiger partial charge is 0.227 e. The van der Waals surface area contributed by atoms with Gasteiger partial charge in [-0.2, -0.15) is 5.26 Å². The minimum atomic E-state index is 0.0362. The van der Waals surface area contributed by atoms with E-state index in [1.807, 2.05) is 36.4 Å². The summed E-state index contributed by atoms with van der Waals surface area (Å²) in [5, 5.41) is 9.01. The Labute approximate surface area is 175 Å². The summed E-state index contributed by atoms with van der Waals surface area (Å²) >= 11 is 0. The number of amides is 1.